The van der Waals surface area contributed by atoms with E-state index in [0.717, 1.165) is 40.2 Å². The lowest BCUT2D eigenvalue weighted by atomic mass is 10.2. The van der Waals surface area contributed by atoms with Crippen LogP contribution in [0.3, 0.4) is 0 Å². The van der Waals surface area contributed by atoms with E-state index in [4.69, 9.17) is 27.9 Å². The van der Waals surface area contributed by atoms with Crippen LogP contribution in [0.4, 0.5) is 11.4 Å². The number of rotatable bonds is 8. The average Bonchev–Trinajstić information content (AvgIpc) is 2.59. The predicted molar refractivity (Wildman–Crippen MR) is 115 cm³/mol. The van der Waals surface area contributed by atoms with Crippen molar-refractivity contribution in [1.82, 2.24) is 0 Å². The van der Waals surface area contributed by atoms with Gasteiger partial charge >= 0.3 is 0 Å². The molecule has 2 aromatic carbocycles. The summed E-state index contributed by atoms with van der Waals surface area (Å²) in [7, 11) is 1.66. The maximum Gasteiger partial charge on any atom is 0.142 e. The van der Waals surface area contributed by atoms with Gasteiger partial charge in [-0.25, -0.2) is 0 Å². The van der Waals surface area contributed by atoms with Crippen LogP contribution in [0.15, 0.2) is 51.9 Å². The van der Waals surface area contributed by atoms with E-state index in [0.29, 0.717) is 11.8 Å². The molecule has 2 aromatic rings. The van der Waals surface area contributed by atoms with Crippen LogP contribution in [0, 0.1) is 0 Å². The van der Waals surface area contributed by atoms with E-state index in [-0.39, 0.29) is 12.4 Å². The van der Waals surface area contributed by atoms with E-state index in [1.807, 2.05) is 48.7 Å². The molecular weight excluding hydrogens is 446 g/mol. The number of nitrogens with zero attached hydrogens (tertiary/aromatic N) is 2. The van der Waals surface area contributed by atoms with E-state index in [1.165, 1.54) is 0 Å². The summed E-state index contributed by atoms with van der Waals surface area (Å²) in [6, 6.07) is 13.8. The number of hydrogen-bond acceptors (Lipinski definition) is 3. The molecule has 0 spiro atoms. The molecule has 0 saturated heterocycles. The Hall–Kier alpha value is -0.940. The Balaban J connectivity index is 0.00000312. The minimum Gasteiger partial charge on any atom is -0.495 e. The molecule has 2 rings (SSSR count). The zero-order chi connectivity index (χ0) is 17.4. The summed E-state index contributed by atoms with van der Waals surface area (Å²) in [6.45, 7) is 1.44. The van der Waals surface area contributed by atoms with Crippen LogP contribution >= 0.6 is 51.5 Å². The summed E-state index contributed by atoms with van der Waals surface area (Å²) in [6.07, 6.45) is 1.82. The van der Waals surface area contributed by atoms with Crippen LogP contribution in [0.5, 0.6) is 5.75 Å². The predicted octanol–water partition coefficient (Wildman–Crippen LogP) is 5.91. The summed E-state index contributed by atoms with van der Waals surface area (Å²) < 4.78 is 6.54. The zero-order valence-corrected chi connectivity index (χ0v) is 17.7. The first-order valence-electron chi connectivity index (χ1n) is 7.52. The maximum absolute atomic E-state index is 5.89. The Kier molecular flexibility index (Phi) is 10.3. The first kappa shape index (κ1) is 22.1. The third kappa shape index (κ3) is 6.70. The lowest BCUT2D eigenvalue weighted by Gasteiger charge is -2.25. The molecule has 0 bridgehead atoms. The van der Waals surface area contributed by atoms with Gasteiger partial charge in [0.15, 0.2) is 0 Å². The van der Waals surface area contributed by atoms with Gasteiger partial charge in [-0.05, 0) is 35.9 Å². The fourth-order valence-electron chi connectivity index (χ4n) is 2.30. The molecule has 0 unspecified atom stereocenters. The van der Waals surface area contributed by atoms with Crippen LogP contribution in [0.1, 0.15) is 5.56 Å². The first-order valence-corrected chi connectivity index (χ1v) is 9.38. The molecule has 0 heterocycles. The van der Waals surface area contributed by atoms with Gasteiger partial charge in [0.05, 0.1) is 18.5 Å². The molecule has 0 saturated carbocycles. The van der Waals surface area contributed by atoms with Gasteiger partial charge in [-0.3, -0.25) is 4.99 Å². The lowest BCUT2D eigenvalue weighted by molar-refractivity contribution is 0.414. The van der Waals surface area contributed by atoms with Crippen molar-refractivity contribution in [3.8, 4) is 5.75 Å². The molecule has 0 aliphatic rings. The molecule has 0 aliphatic carbocycles. The van der Waals surface area contributed by atoms with E-state index in [1.54, 1.807) is 7.11 Å². The summed E-state index contributed by atoms with van der Waals surface area (Å²) in [5.41, 5.74) is 2.84. The number of methoxy groups -OCH3 is 1. The molecule has 0 radical (unpaired) electrons. The molecule has 25 heavy (non-hydrogen) atoms. The summed E-state index contributed by atoms with van der Waals surface area (Å²) in [4.78, 5) is 6.61. The number of anilines is 1. The van der Waals surface area contributed by atoms with Gasteiger partial charge in [0.2, 0.25) is 0 Å². The molecule has 7 heteroatoms. The number of halogens is 4. The Bertz CT molecular complexity index is 692. The van der Waals surface area contributed by atoms with Gasteiger partial charge in [-0.15, -0.1) is 35.6 Å². The number of benzene rings is 2. The minimum absolute atomic E-state index is 0. The second-order valence-corrected chi connectivity index (χ2v) is 6.71. The fourth-order valence-corrected chi connectivity index (χ4v) is 3.09. The van der Waals surface area contributed by atoms with E-state index in [9.17, 15) is 0 Å². The van der Waals surface area contributed by atoms with Crippen LogP contribution in [0.25, 0.3) is 0 Å². The second-order valence-electron chi connectivity index (χ2n) is 5.03. The fraction of sp³-hybridized carbons (Fsp3) is 0.278. The topological polar surface area (TPSA) is 24.8 Å². The Morgan fingerprint density at radius 3 is 2.44 bits per heavy atom. The Morgan fingerprint density at radius 1 is 1.12 bits per heavy atom. The Morgan fingerprint density at radius 2 is 1.84 bits per heavy atom. The van der Waals surface area contributed by atoms with Gasteiger partial charge < -0.3 is 9.64 Å². The largest absolute Gasteiger partial charge is 0.495 e. The average molecular weight is 467 g/mol. The normalized spacial score (nSPS) is 10.6. The van der Waals surface area contributed by atoms with Gasteiger partial charge in [0.25, 0.3) is 0 Å². The highest BCUT2D eigenvalue weighted by molar-refractivity contribution is 9.10. The molecular formula is C18H20BrCl3N2O. The molecule has 0 fully saturated rings. The number of ether oxygens (including phenoxy) is 1. The van der Waals surface area contributed by atoms with E-state index in [2.05, 4.69) is 25.8 Å². The highest BCUT2D eigenvalue weighted by Gasteiger charge is 2.11. The number of hydrogen-bond donors (Lipinski definition) is 0. The molecule has 0 atom stereocenters. The van der Waals surface area contributed by atoms with Crippen molar-refractivity contribution < 1.29 is 4.74 Å². The Labute approximate surface area is 173 Å². The maximum atomic E-state index is 5.89. The van der Waals surface area contributed by atoms with E-state index >= 15 is 0 Å². The SMILES string of the molecule is COc1cc(C=Nc2cccc(Br)c2)ccc1N(CCCl)CCCl.Cl. The van der Waals surface area contributed by atoms with Crippen molar-refractivity contribution in [3.05, 3.63) is 52.5 Å². The smallest absolute Gasteiger partial charge is 0.142 e. The van der Waals surface area contributed by atoms with Crippen molar-refractivity contribution in [2.75, 3.05) is 36.9 Å². The molecule has 0 amide bonds. The molecule has 0 aliphatic heterocycles. The quantitative estimate of drug-likeness (QED) is 0.357. The third-order valence-electron chi connectivity index (χ3n) is 3.42. The van der Waals surface area contributed by atoms with Gasteiger partial charge in [0, 0.05) is 35.5 Å². The summed E-state index contributed by atoms with van der Waals surface area (Å²) in [5, 5.41) is 0. The first-order chi connectivity index (χ1) is 11.7. The highest BCUT2D eigenvalue weighted by Crippen LogP contribution is 2.29. The third-order valence-corrected chi connectivity index (χ3v) is 4.26. The summed E-state index contributed by atoms with van der Waals surface area (Å²) in [5.74, 6) is 1.85. The molecule has 136 valence electrons. The van der Waals surface area contributed by atoms with Crippen molar-refractivity contribution >= 4 is 69.1 Å². The van der Waals surface area contributed by atoms with E-state index < -0.39 is 0 Å². The van der Waals surface area contributed by atoms with Crippen molar-refractivity contribution in [1.29, 1.82) is 0 Å². The van der Waals surface area contributed by atoms with Crippen molar-refractivity contribution in [2.24, 2.45) is 4.99 Å². The van der Waals surface area contributed by atoms with Gasteiger partial charge in [0.1, 0.15) is 5.75 Å². The molecule has 3 nitrogen and oxygen atoms in total. The monoisotopic (exact) mass is 464 g/mol. The van der Waals surface area contributed by atoms with Crippen LogP contribution < -0.4 is 9.64 Å². The highest BCUT2D eigenvalue weighted by atomic mass is 79.9. The van der Waals surface area contributed by atoms with Gasteiger partial charge in [-0.1, -0.05) is 28.1 Å². The number of alkyl halides is 2. The zero-order valence-electron chi connectivity index (χ0n) is 13.8. The van der Waals surface area contributed by atoms with Gasteiger partial charge in [-0.2, -0.15) is 0 Å². The minimum atomic E-state index is 0. The van der Waals surface area contributed by atoms with Crippen molar-refractivity contribution in [3.63, 3.8) is 0 Å². The standard InChI is InChI=1S/C18H19BrCl2N2O.ClH/c1-24-18-11-14(13-22-16-4-2-3-15(19)12-16)5-6-17(18)23(9-7-20)10-8-21;/h2-6,11-13H,7-10H2,1H3;1H. The van der Waals surface area contributed by atoms with Crippen LogP contribution in [-0.2, 0) is 0 Å². The molecule has 0 N–H and O–H groups in total. The molecule has 0 aromatic heterocycles. The lowest BCUT2D eigenvalue weighted by Crippen LogP contribution is -2.28. The summed E-state index contributed by atoms with van der Waals surface area (Å²) >= 11 is 15.2. The number of aliphatic imine (C=N–C) groups is 1. The van der Waals surface area contributed by atoms with Crippen molar-refractivity contribution in [2.45, 2.75) is 0 Å². The van der Waals surface area contributed by atoms with Crippen LogP contribution in [-0.4, -0.2) is 38.2 Å². The second kappa shape index (κ2) is 11.6. The van der Waals surface area contributed by atoms with Crippen LogP contribution in [0.2, 0.25) is 0 Å².